The topological polar surface area (TPSA) is 111 Å². The molecule has 8 nitrogen and oxygen atoms in total. The van der Waals surface area contributed by atoms with Gasteiger partial charge in [0.05, 0.1) is 11.1 Å². The lowest BCUT2D eigenvalue weighted by atomic mass is 9.82. The Morgan fingerprint density at radius 3 is 2.39 bits per heavy atom. The quantitative estimate of drug-likeness (QED) is 0.497. The van der Waals surface area contributed by atoms with Crippen molar-refractivity contribution in [3.8, 4) is 11.5 Å². The van der Waals surface area contributed by atoms with E-state index in [1.54, 1.807) is 11.1 Å². The van der Waals surface area contributed by atoms with Gasteiger partial charge >= 0.3 is 0 Å². The summed E-state index contributed by atoms with van der Waals surface area (Å²) in [4.78, 5) is 46.9. The second-order valence-electron chi connectivity index (χ2n) is 7.37. The molecule has 2 aromatic carbocycles. The van der Waals surface area contributed by atoms with E-state index in [1.165, 1.54) is 41.7 Å². The number of hydrogen-bond acceptors (Lipinski definition) is 8. The molecule has 1 amide bonds. The number of anilines is 1. The lowest BCUT2D eigenvalue weighted by molar-refractivity contribution is 0.0745. The van der Waals surface area contributed by atoms with Crippen LogP contribution in [-0.4, -0.2) is 63.7 Å². The molecule has 31 heavy (non-hydrogen) atoms. The SMILES string of the molecule is O=C1c2cccc(O)c2C(=O)c2c(O)cc(C(=O)N3CCN(c4nccs4)CC3)cc21. The van der Waals surface area contributed by atoms with E-state index in [1.807, 2.05) is 5.38 Å². The monoisotopic (exact) mass is 435 g/mol. The molecule has 2 N–H and O–H groups in total. The molecule has 3 aromatic rings. The molecular weight excluding hydrogens is 418 g/mol. The number of carbonyl (C=O) groups is 3. The van der Waals surface area contributed by atoms with E-state index in [9.17, 15) is 24.6 Å². The van der Waals surface area contributed by atoms with E-state index in [2.05, 4.69) is 9.88 Å². The minimum Gasteiger partial charge on any atom is -0.507 e. The molecule has 9 heteroatoms. The Balaban J connectivity index is 1.44. The summed E-state index contributed by atoms with van der Waals surface area (Å²) in [5.74, 6) is -2.25. The molecule has 2 aliphatic rings. The number of aromatic nitrogens is 1. The number of ketones is 2. The predicted molar refractivity (Wildman–Crippen MR) is 113 cm³/mol. The van der Waals surface area contributed by atoms with Gasteiger partial charge < -0.3 is 20.0 Å². The van der Waals surface area contributed by atoms with Crippen molar-refractivity contribution in [1.29, 1.82) is 0 Å². The van der Waals surface area contributed by atoms with Crippen molar-refractivity contribution in [2.45, 2.75) is 0 Å². The van der Waals surface area contributed by atoms with Crippen molar-refractivity contribution in [2.75, 3.05) is 31.1 Å². The number of benzene rings is 2. The molecule has 156 valence electrons. The van der Waals surface area contributed by atoms with Gasteiger partial charge in [0.2, 0.25) is 5.78 Å². The van der Waals surface area contributed by atoms with E-state index in [0.29, 0.717) is 26.2 Å². The van der Waals surface area contributed by atoms with Crippen LogP contribution in [0, 0.1) is 0 Å². The van der Waals surface area contributed by atoms with Crippen LogP contribution in [0.3, 0.4) is 0 Å². The minimum absolute atomic E-state index is 0.0344. The highest BCUT2D eigenvalue weighted by Crippen LogP contribution is 2.37. The molecule has 5 rings (SSSR count). The number of aromatic hydroxyl groups is 2. The molecular formula is C22H17N3O5S. The van der Waals surface area contributed by atoms with E-state index < -0.39 is 17.3 Å². The van der Waals surface area contributed by atoms with Gasteiger partial charge in [0.25, 0.3) is 5.91 Å². The number of amides is 1. The zero-order valence-electron chi connectivity index (χ0n) is 16.2. The Morgan fingerprint density at radius 2 is 1.68 bits per heavy atom. The normalized spacial score (nSPS) is 15.6. The van der Waals surface area contributed by atoms with Crippen LogP contribution in [0.1, 0.15) is 42.2 Å². The van der Waals surface area contributed by atoms with E-state index >= 15 is 0 Å². The number of piperazine rings is 1. The zero-order chi connectivity index (χ0) is 21.7. The van der Waals surface area contributed by atoms with E-state index in [-0.39, 0.29) is 39.5 Å². The van der Waals surface area contributed by atoms with Gasteiger partial charge in [0, 0.05) is 54.4 Å². The van der Waals surface area contributed by atoms with Crippen LogP contribution in [-0.2, 0) is 0 Å². The number of hydrogen-bond donors (Lipinski definition) is 2. The Labute approximate surface area is 181 Å². The molecule has 0 atom stereocenters. The third-order valence-corrected chi connectivity index (χ3v) is 6.44. The third-order valence-electron chi connectivity index (χ3n) is 5.61. The van der Waals surface area contributed by atoms with Gasteiger partial charge in [-0.05, 0) is 18.2 Å². The standard InChI is InChI=1S/C22H17N3O5S/c26-15-3-1-2-13-17(15)20(29)18-14(19(13)28)10-12(11-16(18)27)21(30)24-5-7-25(8-6-24)22-23-4-9-31-22/h1-4,9-11,26-27H,5-8H2. The highest BCUT2D eigenvalue weighted by Gasteiger charge is 2.35. The fourth-order valence-electron chi connectivity index (χ4n) is 4.06. The van der Waals surface area contributed by atoms with Crippen LogP contribution >= 0.6 is 11.3 Å². The predicted octanol–water partition coefficient (Wildman–Crippen LogP) is 2.29. The molecule has 0 radical (unpaired) electrons. The van der Waals surface area contributed by atoms with Crippen molar-refractivity contribution >= 4 is 33.9 Å². The fraction of sp³-hybridized carbons (Fsp3) is 0.182. The summed E-state index contributed by atoms with van der Waals surface area (Å²) in [6, 6.07) is 6.81. The summed E-state index contributed by atoms with van der Waals surface area (Å²) in [7, 11) is 0. The summed E-state index contributed by atoms with van der Waals surface area (Å²) in [5, 5.41) is 23.4. The van der Waals surface area contributed by atoms with Crippen molar-refractivity contribution < 1.29 is 24.6 Å². The van der Waals surface area contributed by atoms with Crippen LogP contribution in [0.2, 0.25) is 0 Å². The summed E-state index contributed by atoms with van der Waals surface area (Å²) in [6.45, 7) is 2.19. The van der Waals surface area contributed by atoms with Crippen LogP contribution < -0.4 is 4.90 Å². The average Bonchev–Trinajstić information content (AvgIpc) is 3.31. The lowest BCUT2D eigenvalue weighted by Gasteiger charge is -2.34. The van der Waals surface area contributed by atoms with Crippen LogP contribution in [0.25, 0.3) is 0 Å². The number of carbonyl (C=O) groups excluding carboxylic acids is 3. The molecule has 0 unspecified atom stereocenters. The van der Waals surface area contributed by atoms with E-state index in [0.717, 1.165) is 5.13 Å². The first-order valence-corrected chi connectivity index (χ1v) is 10.6. The summed E-state index contributed by atoms with van der Waals surface area (Å²) in [5.41, 5.74) is -0.160. The van der Waals surface area contributed by atoms with Gasteiger partial charge in [-0.15, -0.1) is 11.3 Å². The molecule has 1 aliphatic carbocycles. The molecule has 1 fully saturated rings. The maximum atomic E-state index is 13.1. The van der Waals surface area contributed by atoms with Crippen molar-refractivity contribution in [3.05, 3.63) is 69.7 Å². The first-order chi connectivity index (χ1) is 15.0. The van der Waals surface area contributed by atoms with Gasteiger partial charge in [0.1, 0.15) is 11.5 Å². The number of thiazole rings is 1. The van der Waals surface area contributed by atoms with Crippen LogP contribution in [0.15, 0.2) is 41.9 Å². The van der Waals surface area contributed by atoms with Crippen LogP contribution in [0.4, 0.5) is 5.13 Å². The van der Waals surface area contributed by atoms with Crippen LogP contribution in [0.5, 0.6) is 11.5 Å². The van der Waals surface area contributed by atoms with Gasteiger partial charge in [-0.25, -0.2) is 4.98 Å². The van der Waals surface area contributed by atoms with Crippen molar-refractivity contribution in [3.63, 3.8) is 0 Å². The Hall–Kier alpha value is -3.72. The Kier molecular flexibility index (Phi) is 4.48. The Morgan fingerprint density at radius 1 is 0.935 bits per heavy atom. The highest BCUT2D eigenvalue weighted by molar-refractivity contribution is 7.13. The molecule has 1 saturated heterocycles. The second-order valence-corrected chi connectivity index (χ2v) is 8.24. The average molecular weight is 435 g/mol. The summed E-state index contributed by atoms with van der Waals surface area (Å²) in [6.07, 6.45) is 1.74. The Bertz CT molecular complexity index is 1230. The molecule has 0 bridgehead atoms. The van der Waals surface area contributed by atoms with Gasteiger partial charge in [-0.1, -0.05) is 12.1 Å². The number of rotatable bonds is 2. The number of phenolic OH excluding ortho intramolecular Hbond substituents is 2. The first kappa shape index (κ1) is 19.3. The molecule has 1 aliphatic heterocycles. The van der Waals surface area contributed by atoms with Crippen molar-refractivity contribution in [1.82, 2.24) is 9.88 Å². The lowest BCUT2D eigenvalue weighted by Crippen LogP contribution is -2.48. The third kappa shape index (κ3) is 3.05. The first-order valence-electron chi connectivity index (χ1n) is 9.68. The molecule has 2 heterocycles. The van der Waals surface area contributed by atoms with Crippen molar-refractivity contribution in [2.24, 2.45) is 0 Å². The maximum absolute atomic E-state index is 13.1. The fourth-order valence-corrected chi connectivity index (χ4v) is 4.76. The maximum Gasteiger partial charge on any atom is 0.254 e. The van der Waals surface area contributed by atoms with Gasteiger partial charge in [0.15, 0.2) is 10.9 Å². The smallest absolute Gasteiger partial charge is 0.254 e. The van der Waals surface area contributed by atoms with Gasteiger partial charge in [-0.3, -0.25) is 14.4 Å². The zero-order valence-corrected chi connectivity index (χ0v) is 17.1. The summed E-state index contributed by atoms with van der Waals surface area (Å²) < 4.78 is 0. The number of fused-ring (bicyclic) bond motifs is 2. The largest absolute Gasteiger partial charge is 0.507 e. The minimum atomic E-state index is -0.642. The molecule has 0 saturated carbocycles. The summed E-state index contributed by atoms with van der Waals surface area (Å²) >= 11 is 1.54. The number of phenols is 2. The highest BCUT2D eigenvalue weighted by atomic mass is 32.1. The molecule has 1 aromatic heterocycles. The number of nitrogens with zero attached hydrogens (tertiary/aromatic N) is 3. The van der Waals surface area contributed by atoms with E-state index in [4.69, 9.17) is 0 Å². The van der Waals surface area contributed by atoms with Gasteiger partial charge in [-0.2, -0.15) is 0 Å². The second kappa shape index (κ2) is 7.21. The molecule has 0 spiro atoms.